The van der Waals surface area contributed by atoms with E-state index in [2.05, 4.69) is 10.3 Å². The van der Waals surface area contributed by atoms with Gasteiger partial charge in [-0.25, -0.2) is 9.78 Å². The topological polar surface area (TPSA) is 104 Å². The fraction of sp³-hybridized carbons (Fsp3) is 0.611. The third kappa shape index (κ3) is 7.98. The van der Waals surface area contributed by atoms with E-state index in [0.29, 0.717) is 5.82 Å². The molecule has 0 saturated carbocycles. The number of anilines is 1. The Morgan fingerprint density at radius 3 is 2.04 bits per heavy atom. The van der Waals surface area contributed by atoms with Crippen molar-refractivity contribution in [2.24, 2.45) is 5.73 Å². The summed E-state index contributed by atoms with van der Waals surface area (Å²) < 4.78 is 10.5. The van der Waals surface area contributed by atoms with Gasteiger partial charge in [0.25, 0.3) is 0 Å². The molecule has 0 fully saturated rings. The van der Waals surface area contributed by atoms with Crippen LogP contribution in [0.2, 0.25) is 0 Å². The second kappa shape index (κ2) is 7.39. The van der Waals surface area contributed by atoms with Gasteiger partial charge in [0.05, 0.1) is 0 Å². The third-order valence-electron chi connectivity index (χ3n) is 2.89. The molecule has 1 unspecified atom stereocenters. The molecule has 0 aliphatic rings. The molecule has 0 saturated heterocycles. The van der Waals surface area contributed by atoms with Crippen LogP contribution in [0.4, 0.5) is 10.6 Å². The molecule has 25 heavy (non-hydrogen) atoms. The molecule has 1 rings (SSSR count). The van der Waals surface area contributed by atoms with E-state index in [9.17, 15) is 9.59 Å². The smallest absolute Gasteiger partial charge is 0.413 e. The Morgan fingerprint density at radius 2 is 1.60 bits per heavy atom. The molecule has 0 aliphatic heterocycles. The first kappa shape index (κ1) is 20.9. The van der Waals surface area contributed by atoms with Crippen molar-refractivity contribution < 1.29 is 19.1 Å². The second-order valence-electron chi connectivity index (χ2n) is 8.27. The van der Waals surface area contributed by atoms with Gasteiger partial charge in [-0.2, -0.15) is 0 Å². The molecule has 0 aromatic carbocycles. The zero-order valence-electron chi connectivity index (χ0n) is 16.1. The SMILES string of the molecule is CC(C)(C)OC(=O)Nc1ccc(CC(C)(N)C(=O)OC(C)(C)C)cn1. The number of esters is 1. The maximum atomic E-state index is 12.2. The van der Waals surface area contributed by atoms with Gasteiger partial charge < -0.3 is 15.2 Å². The maximum absolute atomic E-state index is 12.2. The second-order valence-corrected chi connectivity index (χ2v) is 8.27. The van der Waals surface area contributed by atoms with Gasteiger partial charge in [0.2, 0.25) is 0 Å². The van der Waals surface area contributed by atoms with E-state index in [1.54, 1.807) is 66.8 Å². The van der Waals surface area contributed by atoms with E-state index in [-0.39, 0.29) is 6.42 Å². The molecule has 0 spiro atoms. The Bertz CT molecular complexity index is 611. The van der Waals surface area contributed by atoms with Gasteiger partial charge in [-0.3, -0.25) is 10.1 Å². The van der Waals surface area contributed by atoms with Crippen LogP contribution < -0.4 is 11.1 Å². The van der Waals surface area contributed by atoms with Gasteiger partial charge in [0.1, 0.15) is 22.6 Å². The van der Waals surface area contributed by atoms with Crippen LogP contribution in [-0.4, -0.2) is 33.8 Å². The number of rotatable bonds is 4. The number of hydrogen-bond acceptors (Lipinski definition) is 6. The summed E-state index contributed by atoms with van der Waals surface area (Å²) in [6.45, 7) is 12.3. The summed E-state index contributed by atoms with van der Waals surface area (Å²) in [6, 6.07) is 3.37. The third-order valence-corrected chi connectivity index (χ3v) is 2.89. The van der Waals surface area contributed by atoms with Gasteiger partial charge in [0, 0.05) is 12.6 Å². The molecule has 140 valence electrons. The minimum atomic E-state index is -1.17. The van der Waals surface area contributed by atoms with Crippen LogP contribution in [0.15, 0.2) is 18.3 Å². The van der Waals surface area contributed by atoms with Crippen molar-refractivity contribution in [1.29, 1.82) is 0 Å². The highest BCUT2D eigenvalue weighted by Gasteiger charge is 2.33. The lowest BCUT2D eigenvalue weighted by Gasteiger charge is -2.28. The van der Waals surface area contributed by atoms with Crippen LogP contribution in [0.25, 0.3) is 0 Å². The molecule has 7 nitrogen and oxygen atoms in total. The number of amides is 1. The summed E-state index contributed by atoms with van der Waals surface area (Å²) in [6.07, 6.45) is 1.24. The Hall–Kier alpha value is -2.15. The van der Waals surface area contributed by atoms with Crippen LogP contribution in [-0.2, 0) is 20.7 Å². The van der Waals surface area contributed by atoms with E-state index >= 15 is 0 Å². The van der Waals surface area contributed by atoms with Gasteiger partial charge in [-0.15, -0.1) is 0 Å². The molecule has 7 heteroatoms. The molecule has 1 atom stereocenters. The number of nitrogens with zero attached hydrogens (tertiary/aromatic N) is 1. The van der Waals surface area contributed by atoms with Crippen molar-refractivity contribution in [3.8, 4) is 0 Å². The van der Waals surface area contributed by atoms with E-state index in [4.69, 9.17) is 15.2 Å². The van der Waals surface area contributed by atoms with E-state index in [1.807, 2.05) is 0 Å². The zero-order chi connectivity index (χ0) is 19.5. The summed E-state index contributed by atoms with van der Waals surface area (Å²) in [5, 5.41) is 2.55. The Morgan fingerprint density at radius 1 is 1.04 bits per heavy atom. The van der Waals surface area contributed by atoms with Crippen molar-refractivity contribution in [3.05, 3.63) is 23.9 Å². The summed E-state index contributed by atoms with van der Waals surface area (Å²) >= 11 is 0. The highest BCUT2D eigenvalue weighted by atomic mass is 16.6. The van der Waals surface area contributed by atoms with Crippen LogP contribution in [0.3, 0.4) is 0 Å². The molecule has 0 radical (unpaired) electrons. The number of nitrogens with two attached hydrogens (primary N) is 1. The van der Waals surface area contributed by atoms with Crippen LogP contribution >= 0.6 is 0 Å². The van der Waals surface area contributed by atoms with Crippen molar-refractivity contribution in [1.82, 2.24) is 4.98 Å². The van der Waals surface area contributed by atoms with Crippen molar-refractivity contribution in [2.45, 2.75) is 71.6 Å². The lowest BCUT2D eigenvalue weighted by atomic mass is 9.94. The van der Waals surface area contributed by atoms with Gasteiger partial charge in [-0.05, 0) is 60.1 Å². The molecular formula is C18H29N3O4. The average molecular weight is 351 g/mol. The van der Waals surface area contributed by atoms with Gasteiger partial charge >= 0.3 is 12.1 Å². The molecule has 0 bridgehead atoms. The zero-order valence-corrected chi connectivity index (χ0v) is 16.1. The predicted molar refractivity (Wildman–Crippen MR) is 96.2 cm³/mol. The Balaban J connectivity index is 2.70. The van der Waals surface area contributed by atoms with Crippen LogP contribution in [0.1, 0.15) is 54.0 Å². The van der Waals surface area contributed by atoms with Gasteiger partial charge in [0.15, 0.2) is 0 Å². The van der Waals surface area contributed by atoms with Gasteiger partial charge in [-0.1, -0.05) is 6.07 Å². The van der Waals surface area contributed by atoms with E-state index in [0.717, 1.165) is 5.56 Å². The lowest BCUT2D eigenvalue weighted by molar-refractivity contribution is -0.160. The number of carbonyl (C=O) groups excluding carboxylic acids is 2. The molecule has 1 heterocycles. The molecule has 1 aromatic rings. The number of carbonyl (C=O) groups is 2. The quantitative estimate of drug-likeness (QED) is 0.808. The minimum Gasteiger partial charge on any atom is -0.459 e. The summed E-state index contributed by atoms with van der Waals surface area (Å²) in [4.78, 5) is 28.0. The first-order chi connectivity index (χ1) is 11.2. The summed E-state index contributed by atoms with van der Waals surface area (Å²) in [5.41, 5.74) is 4.49. The standard InChI is InChI=1S/C18H29N3O4/c1-16(2,3)24-14(22)18(7,19)10-12-8-9-13(20-11-12)21-15(23)25-17(4,5)6/h8-9,11H,10,19H2,1-7H3,(H,20,21,23). The molecule has 0 aliphatic carbocycles. The monoisotopic (exact) mass is 351 g/mol. The molecule has 1 aromatic heterocycles. The van der Waals surface area contributed by atoms with Crippen molar-refractivity contribution in [3.63, 3.8) is 0 Å². The highest BCUT2D eigenvalue weighted by Crippen LogP contribution is 2.18. The van der Waals surface area contributed by atoms with Crippen LogP contribution in [0.5, 0.6) is 0 Å². The molecular weight excluding hydrogens is 322 g/mol. The van der Waals surface area contributed by atoms with Crippen molar-refractivity contribution >= 4 is 17.9 Å². The molecule has 3 N–H and O–H groups in total. The largest absolute Gasteiger partial charge is 0.459 e. The number of pyridine rings is 1. The lowest BCUT2D eigenvalue weighted by Crippen LogP contribution is -2.50. The number of ether oxygens (including phenoxy) is 2. The summed E-state index contributed by atoms with van der Waals surface area (Å²) in [5.74, 6) is -0.120. The average Bonchev–Trinajstić information content (AvgIpc) is 2.36. The number of hydrogen-bond donors (Lipinski definition) is 2. The Labute approximate surface area is 149 Å². The van der Waals surface area contributed by atoms with E-state index < -0.39 is 28.8 Å². The Kier molecular flexibility index (Phi) is 6.18. The maximum Gasteiger partial charge on any atom is 0.413 e. The fourth-order valence-electron chi connectivity index (χ4n) is 1.90. The normalized spacial score (nSPS) is 14.4. The summed E-state index contributed by atoms with van der Waals surface area (Å²) in [7, 11) is 0. The highest BCUT2D eigenvalue weighted by molar-refractivity contribution is 5.83. The minimum absolute atomic E-state index is 0.266. The fourth-order valence-corrected chi connectivity index (χ4v) is 1.90. The number of aromatic nitrogens is 1. The van der Waals surface area contributed by atoms with E-state index in [1.165, 1.54) is 0 Å². The first-order valence-corrected chi connectivity index (χ1v) is 8.15. The molecule has 1 amide bonds. The first-order valence-electron chi connectivity index (χ1n) is 8.15. The van der Waals surface area contributed by atoms with Crippen LogP contribution in [0, 0.1) is 0 Å². The predicted octanol–water partition coefficient (Wildman–Crippen LogP) is 3.03. The number of nitrogens with one attached hydrogen (secondary N) is 1. The van der Waals surface area contributed by atoms with Crippen molar-refractivity contribution in [2.75, 3.05) is 5.32 Å².